The number of aryl methyl sites for hydroxylation is 2. The van der Waals surface area contributed by atoms with Gasteiger partial charge in [0.1, 0.15) is 0 Å². The number of nitrogens with one attached hydrogen (secondary N) is 2. The van der Waals surface area contributed by atoms with Crippen molar-refractivity contribution < 1.29 is 0 Å². The molecule has 2 aliphatic rings. The zero-order chi connectivity index (χ0) is 28.4. The summed E-state index contributed by atoms with van der Waals surface area (Å²) >= 11 is 18.8. The highest BCUT2D eigenvalue weighted by Crippen LogP contribution is 2.28. The van der Waals surface area contributed by atoms with Gasteiger partial charge in [0.2, 0.25) is 5.96 Å². The number of piperazine rings is 1. The second-order valence-corrected chi connectivity index (χ2v) is 12.5. The normalized spacial score (nSPS) is 23.4. The van der Waals surface area contributed by atoms with Gasteiger partial charge in [-0.05, 0) is 75.6 Å². The summed E-state index contributed by atoms with van der Waals surface area (Å²) in [5.74, 6) is 0.752. The fourth-order valence-corrected chi connectivity index (χ4v) is 5.71. The molecule has 3 atom stereocenters. The molecule has 1 unspecified atom stereocenters. The van der Waals surface area contributed by atoms with Crippen LogP contribution < -0.4 is 16.2 Å². The Morgan fingerprint density at radius 2 is 1.95 bits per heavy atom. The van der Waals surface area contributed by atoms with E-state index in [1.807, 2.05) is 43.3 Å². The van der Waals surface area contributed by atoms with Crippen molar-refractivity contribution in [2.45, 2.75) is 57.1 Å². The molecule has 0 saturated carbocycles. The Kier molecular flexibility index (Phi) is 8.57. The van der Waals surface area contributed by atoms with Crippen LogP contribution in [0, 0.1) is 0 Å². The van der Waals surface area contributed by atoms with Gasteiger partial charge in [0, 0.05) is 47.5 Å². The van der Waals surface area contributed by atoms with E-state index in [1.165, 1.54) is 0 Å². The van der Waals surface area contributed by atoms with Gasteiger partial charge in [0.25, 0.3) is 5.56 Å². The lowest BCUT2D eigenvalue weighted by Crippen LogP contribution is -2.57. The maximum atomic E-state index is 13.2. The molecule has 1 fully saturated rings. The zero-order valence-electron chi connectivity index (χ0n) is 22.8. The van der Waals surface area contributed by atoms with Crippen LogP contribution in [0.4, 0.5) is 5.69 Å². The summed E-state index contributed by atoms with van der Waals surface area (Å²) < 4.78 is 1.61. The first kappa shape index (κ1) is 28.7. The van der Waals surface area contributed by atoms with Gasteiger partial charge in [-0.2, -0.15) is 0 Å². The van der Waals surface area contributed by atoms with Crippen LogP contribution in [-0.2, 0) is 13.0 Å². The summed E-state index contributed by atoms with van der Waals surface area (Å²) in [6.07, 6.45) is 8.91. The van der Waals surface area contributed by atoms with E-state index in [0.29, 0.717) is 52.4 Å². The SMILES string of the molecule is C[C@@H]1CN(C(=NC2=CCC(C)(Cl)C=C2)Nc2ccc3c(=O)n(CCc4ccc(Cl)cc4Cl)cnc3c2)C[C@H](C)N1. The fourth-order valence-electron chi connectivity index (χ4n) is 5.07. The fraction of sp³-hybridized carbons (Fsp3) is 0.367. The third kappa shape index (κ3) is 6.89. The van der Waals surface area contributed by atoms with Gasteiger partial charge < -0.3 is 15.5 Å². The molecule has 10 heteroatoms. The molecule has 7 nitrogen and oxygen atoms in total. The Balaban J connectivity index is 1.39. The summed E-state index contributed by atoms with van der Waals surface area (Å²) in [6.45, 7) is 8.42. The number of nitrogens with zero attached hydrogens (tertiary/aromatic N) is 4. The topological polar surface area (TPSA) is 74.5 Å². The van der Waals surface area contributed by atoms with E-state index in [2.05, 4.69) is 40.4 Å². The van der Waals surface area contributed by atoms with E-state index in [9.17, 15) is 4.79 Å². The summed E-state index contributed by atoms with van der Waals surface area (Å²) in [5.41, 5.74) is 3.13. The molecule has 2 N–H and O–H groups in total. The van der Waals surface area contributed by atoms with Crippen LogP contribution in [0.2, 0.25) is 10.0 Å². The highest BCUT2D eigenvalue weighted by Gasteiger charge is 2.25. The van der Waals surface area contributed by atoms with Crippen molar-refractivity contribution in [1.29, 1.82) is 0 Å². The molecule has 2 heterocycles. The van der Waals surface area contributed by atoms with Gasteiger partial charge in [-0.25, -0.2) is 9.98 Å². The van der Waals surface area contributed by atoms with Crippen molar-refractivity contribution in [3.05, 3.63) is 92.6 Å². The molecule has 210 valence electrons. The van der Waals surface area contributed by atoms with Crippen molar-refractivity contribution in [3.8, 4) is 0 Å². The summed E-state index contributed by atoms with van der Waals surface area (Å²) in [4.78, 5) is 24.7. The third-order valence-corrected chi connectivity index (χ3v) is 7.99. The average Bonchev–Trinajstić information content (AvgIpc) is 2.89. The van der Waals surface area contributed by atoms with Gasteiger partial charge >= 0.3 is 0 Å². The van der Waals surface area contributed by atoms with Crippen molar-refractivity contribution in [1.82, 2.24) is 19.8 Å². The number of halogens is 3. The van der Waals surface area contributed by atoms with Crippen LogP contribution in [-0.4, -0.2) is 50.5 Å². The Morgan fingerprint density at radius 3 is 2.65 bits per heavy atom. The second kappa shape index (κ2) is 12.0. The van der Waals surface area contributed by atoms with Crippen LogP contribution in [0.1, 0.15) is 32.8 Å². The molecule has 1 aromatic heterocycles. The Labute approximate surface area is 249 Å². The van der Waals surface area contributed by atoms with Crippen LogP contribution >= 0.6 is 34.8 Å². The molecule has 0 radical (unpaired) electrons. The number of alkyl halides is 1. The average molecular weight is 600 g/mol. The molecule has 40 heavy (non-hydrogen) atoms. The molecule has 5 rings (SSSR count). The van der Waals surface area contributed by atoms with Crippen LogP contribution in [0.15, 0.2) is 76.4 Å². The maximum Gasteiger partial charge on any atom is 0.261 e. The number of anilines is 1. The lowest BCUT2D eigenvalue weighted by atomic mass is 10.0. The van der Waals surface area contributed by atoms with Crippen molar-refractivity contribution >= 4 is 57.4 Å². The van der Waals surface area contributed by atoms with E-state index < -0.39 is 0 Å². The number of hydrogen-bond acceptors (Lipinski definition) is 4. The van der Waals surface area contributed by atoms with E-state index in [0.717, 1.165) is 36.0 Å². The van der Waals surface area contributed by atoms with Gasteiger partial charge in [-0.3, -0.25) is 9.36 Å². The van der Waals surface area contributed by atoms with Crippen molar-refractivity contribution in [3.63, 3.8) is 0 Å². The molecule has 1 aliphatic carbocycles. The first-order valence-corrected chi connectivity index (χ1v) is 14.6. The Hall–Kier alpha value is -2.84. The molecule has 3 aromatic rings. The minimum Gasteiger partial charge on any atom is -0.339 e. The predicted molar refractivity (Wildman–Crippen MR) is 167 cm³/mol. The molecular formula is C30H33Cl3N6O. The largest absolute Gasteiger partial charge is 0.339 e. The molecule has 0 spiro atoms. The number of hydrogen-bond donors (Lipinski definition) is 2. The molecule has 0 amide bonds. The molecule has 1 aliphatic heterocycles. The van der Waals surface area contributed by atoms with Gasteiger partial charge in [0.05, 0.1) is 27.8 Å². The number of rotatable bonds is 5. The van der Waals surface area contributed by atoms with Crippen LogP contribution in [0.25, 0.3) is 10.9 Å². The smallest absolute Gasteiger partial charge is 0.261 e. The van der Waals surface area contributed by atoms with Crippen molar-refractivity contribution in [2.24, 2.45) is 4.99 Å². The summed E-state index contributed by atoms with van der Waals surface area (Å²) in [6, 6.07) is 11.6. The molecule has 2 aromatic carbocycles. The van der Waals surface area contributed by atoms with E-state index >= 15 is 0 Å². The Bertz CT molecular complexity index is 1550. The van der Waals surface area contributed by atoms with Crippen LogP contribution in [0.3, 0.4) is 0 Å². The van der Waals surface area contributed by atoms with Gasteiger partial charge in [-0.1, -0.05) is 41.4 Å². The third-order valence-electron chi connectivity index (χ3n) is 7.12. The lowest BCUT2D eigenvalue weighted by Gasteiger charge is -2.38. The van der Waals surface area contributed by atoms with Gasteiger partial charge in [0.15, 0.2) is 0 Å². The second-order valence-electron chi connectivity index (χ2n) is 10.8. The highest BCUT2D eigenvalue weighted by molar-refractivity contribution is 6.35. The number of aliphatic imine (C=N–C) groups is 1. The number of allylic oxidation sites excluding steroid dienone is 3. The lowest BCUT2D eigenvalue weighted by molar-refractivity contribution is 0.254. The first-order chi connectivity index (χ1) is 19.1. The standard InChI is InChI=1S/C30H33Cl3N6O/c1-19-16-39(17-20(2)35-19)29(36-23-8-11-30(3,33)12-9-23)37-24-6-7-25-27(15-24)34-18-38(28(25)40)13-10-21-4-5-22(31)14-26(21)32/h4-9,11,14-15,18-20,35H,10,12-13,16-17H2,1-3H3,(H,36,37)/t19-,20+,30?. The zero-order valence-corrected chi connectivity index (χ0v) is 25.1. The van der Waals surface area contributed by atoms with E-state index in [4.69, 9.17) is 39.8 Å². The van der Waals surface area contributed by atoms with Gasteiger partial charge in [-0.15, -0.1) is 11.6 Å². The van der Waals surface area contributed by atoms with Crippen molar-refractivity contribution in [2.75, 3.05) is 18.4 Å². The molecular weight excluding hydrogens is 567 g/mol. The summed E-state index contributed by atoms with van der Waals surface area (Å²) in [5, 5.41) is 8.81. The van der Waals surface area contributed by atoms with E-state index in [1.54, 1.807) is 23.0 Å². The number of benzene rings is 2. The minimum atomic E-state index is -0.386. The quantitative estimate of drug-likeness (QED) is 0.206. The molecule has 1 saturated heterocycles. The highest BCUT2D eigenvalue weighted by atomic mass is 35.5. The number of fused-ring (bicyclic) bond motifs is 1. The monoisotopic (exact) mass is 598 g/mol. The maximum absolute atomic E-state index is 13.2. The Morgan fingerprint density at radius 1 is 1.18 bits per heavy atom. The minimum absolute atomic E-state index is 0.0955. The number of guanidine groups is 1. The molecule has 0 bridgehead atoms. The first-order valence-electron chi connectivity index (χ1n) is 13.4. The van der Waals surface area contributed by atoms with Crippen LogP contribution in [0.5, 0.6) is 0 Å². The predicted octanol–water partition coefficient (Wildman–Crippen LogP) is 6.24. The number of aromatic nitrogens is 2. The summed E-state index contributed by atoms with van der Waals surface area (Å²) in [7, 11) is 0. The van der Waals surface area contributed by atoms with E-state index in [-0.39, 0.29) is 10.4 Å².